The van der Waals surface area contributed by atoms with E-state index in [1.165, 1.54) is 0 Å². The average molecular weight is 438 g/mol. The number of hydrogen-bond acceptors (Lipinski definition) is 1. The standard InChI is InChI=1S/C21H15Cl3N2.ClH/c22-16-3-1-15(2-4-16)21(26-20-11-7-18(24)8-12-20)13-14-25-19-9-5-17(23)6-10-19;/h1-14,26H;1H/b21-13+,25-14?;. The van der Waals surface area contributed by atoms with E-state index in [2.05, 4.69) is 10.3 Å². The average Bonchev–Trinajstić information content (AvgIpc) is 2.65. The topological polar surface area (TPSA) is 26.0 Å². The first kappa shape index (κ1) is 21.3. The van der Waals surface area contributed by atoms with Crippen molar-refractivity contribution in [3.05, 3.63) is 99.5 Å². The van der Waals surface area contributed by atoms with Gasteiger partial charge in [0.05, 0.1) is 5.70 Å². The highest BCUT2D eigenvalue weighted by atomic mass is 35.5. The lowest BCUT2D eigenvalue weighted by Crippen LogP contribution is -3.00. The largest absolute Gasteiger partial charge is 1.00 e. The van der Waals surface area contributed by atoms with Gasteiger partial charge in [0.1, 0.15) is 0 Å². The molecule has 3 rings (SSSR count). The summed E-state index contributed by atoms with van der Waals surface area (Å²) in [6.07, 6.45) is 3.84. The lowest BCUT2D eigenvalue weighted by atomic mass is 10.1. The molecule has 0 aliphatic heterocycles. The van der Waals surface area contributed by atoms with Crippen LogP contribution >= 0.6 is 34.8 Å². The van der Waals surface area contributed by atoms with Crippen LogP contribution in [-0.2, 0) is 0 Å². The summed E-state index contributed by atoms with van der Waals surface area (Å²) >= 11 is 17.9. The molecule has 0 spiro atoms. The second-order valence-corrected chi connectivity index (χ2v) is 6.85. The van der Waals surface area contributed by atoms with Gasteiger partial charge < -0.3 is 17.7 Å². The highest BCUT2D eigenvalue weighted by Gasteiger charge is 2.03. The fraction of sp³-hybridized carbons (Fsp3) is 0. The molecular formula is C21H16Cl4N2. The van der Waals surface area contributed by atoms with E-state index in [0.29, 0.717) is 15.1 Å². The van der Waals surface area contributed by atoms with E-state index in [0.717, 1.165) is 22.6 Å². The van der Waals surface area contributed by atoms with Crippen LogP contribution in [0, 0.1) is 0 Å². The molecule has 0 amide bonds. The van der Waals surface area contributed by atoms with E-state index >= 15 is 0 Å². The molecule has 0 saturated carbocycles. The van der Waals surface area contributed by atoms with Crippen LogP contribution in [-0.4, -0.2) is 6.21 Å². The van der Waals surface area contributed by atoms with Crippen molar-refractivity contribution in [1.82, 2.24) is 0 Å². The van der Waals surface area contributed by atoms with Gasteiger partial charge in [0.2, 0.25) is 5.69 Å². The normalized spacial score (nSPS) is 11.3. The Morgan fingerprint density at radius 2 is 1.19 bits per heavy atom. The summed E-state index contributed by atoms with van der Waals surface area (Å²) in [5.74, 6) is 0. The fourth-order valence-corrected chi connectivity index (χ4v) is 2.67. The minimum atomic E-state index is 0. The van der Waals surface area contributed by atoms with Gasteiger partial charge in [-0.25, -0.2) is 4.99 Å². The lowest BCUT2D eigenvalue weighted by molar-refractivity contribution is -0.346. The van der Waals surface area contributed by atoms with Crippen LogP contribution in [0.1, 0.15) is 5.56 Å². The SMILES string of the molecule is Clc1ccc(N/C(=C/C=[NH+]c2ccc(Cl)cc2)c2ccc(Cl)cc2)cc1.[Cl-]. The Kier molecular flexibility index (Phi) is 8.21. The van der Waals surface area contributed by atoms with Gasteiger partial charge in [-0.2, -0.15) is 0 Å². The molecule has 2 nitrogen and oxygen atoms in total. The van der Waals surface area contributed by atoms with E-state index in [-0.39, 0.29) is 12.4 Å². The number of anilines is 1. The molecule has 0 heterocycles. The van der Waals surface area contributed by atoms with Crippen molar-refractivity contribution in [1.29, 1.82) is 0 Å². The smallest absolute Gasteiger partial charge is 0.203 e. The van der Waals surface area contributed by atoms with Gasteiger partial charge >= 0.3 is 0 Å². The molecule has 0 atom stereocenters. The Morgan fingerprint density at radius 1 is 0.704 bits per heavy atom. The summed E-state index contributed by atoms with van der Waals surface area (Å²) in [7, 11) is 0. The number of benzene rings is 3. The van der Waals surface area contributed by atoms with Crippen LogP contribution in [0.3, 0.4) is 0 Å². The van der Waals surface area contributed by atoms with Gasteiger partial charge in [-0.05, 0) is 54.1 Å². The third-order valence-electron chi connectivity index (χ3n) is 3.62. The van der Waals surface area contributed by atoms with Crippen molar-refractivity contribution in [2.45, 2.75) is 0 Å². The molecule has 0 unspecified atom stereocenters. The Morgan fingerprint density at radius 3 is 1.74 bits per heavy atom. The first-order chi connectivity index (χ1) is 12.6. The fourth-order valence-electron chi connectivity index (χ4n) is 2.30. The zero-order valence-electron chi connectivity index (χ0n) is 14.1. The second kappa shape index (κ2) is 10.4. The Bertz CT molecular complexity index is 916. The maximum absolute atomic E-state index is 6.01. The summed E-state index contributed by atoms with van der Waals surface area (Å²) in [5.41, 5.74) is 3.83. The molecule has 3 aromatic rings. The van der Waals surface area contributed by atoms with E-state index < -0.39 is 0 Å². The van der Waals surface area contributed by atoms with Crippen LogP contribution in [0.4, 0.5) is 11.4 Å². The van der Waals surface area contributed by atoms with Crippen LogP contribution in [0.2, 0.25) is 15.1 Å². The van der Waals surface area contributed by atoms with Crippen molar-refractivity contribution in [2.75, 3.05) is 5.32 Å². The predicted octanol–water partition coefficient (Wildman–Crippen LogP) is 2.59. The molecule has 0 fully saturated rings. The third kappa shape index (κ3) is 6.60. The minimum absolute atomic E-state index is 0. The first-order valence-corrected chi connectivity index (χ1v) is 9.08. The molecule has 0 aliphatic rings. The molecule has 0 bridgehead atoms. The summed E-state index contributed by atoms with van der Waals surface area (Å²) in [6, 6.07) is 22.7. The second-order valence-electron chi connectivity index (χ2n) is 5.54. The molecule has 6 heteroatoms. The van der Waals surface area contributed by atoms with Gasteiger partial charge in [0.15, 0.2) is 6.21 Å². The van der Waals surface area contributed by atoms with Gasteiger partial charge in [-0.3, -0.25) is 0 Å². The summed E-state index contributed by atoms with van der Waals surface area (Å²) in [4.78, 5) is 3.23. The quantitative estimate of drug-likeness (QED) is 0.589. The highest BCUT2D eigenvalue weighted by Crippen LogP contribution is 2.21. The molecule has 27 heavy (non-hydrogen) atoms. The first-order valence-electron chi connectivity index (χ1n) is 7.94. The zero-order valence-corrected chi connectivity index (χ0v) is 17.1. The van der Waals surface area contributed by atoms with Crippen molar-refractivity contribution in [3.8, 4) is 0 Å². The molecule has 0 radical (unpaired) electrons. The molecule has 3 aromatic carbocycles. The molecule has 0 saturated heterocycles. The summed E-state index contributed by atoms with van der Waals surface area (Å²) in [6.45, 7) is 0. The zero-order chi connectivity index (χ0) is 18.4. The van der Waals surface area contributed by atoms with E-state index in [9.17, 15) is 0 Å². The molecule has 0 aromatic heterocycles. The van der Waals surface area contributed by atoms with Crippen LogP contribution < -0.4 is 22.7 Å². The van der Waals surface area contributed by atoms with Crippen LogP contribution in [0.25, 0.3) is 5.70 Å². The molecule has 138 valence electrons. The minimum Gasteiger partial charge on any atom is -1.00 e. The number of rotatable bonds is 5. The van der Waals surface area contributed by atoms with Gasteiger partial charge in [0.25, 0.3) is 0 Å². The maximum atomic E-state index is 6.01. The molecule has 2 N–H and O–H groups in total. The number of halogens is 4. The van der Waals surface area contributed by atoms with Gasteiger partial charge in [-0.15, -0.1) is 0 Å². The predicted molar refractivity (Wildman–Crippen MR) is 113 cm³/mol. The number of allylic oxidation sites excluding steroid dienone is 1. The Balaban J connectivity index is 0.00000261. The third-order valence-corrected chi connectivity index (χ3v) is 4.38. The number of hydrogen-bond donors (Lipinski definition) is 2. The van der Waals surface area contributed by atoms with Crippen molar-refractivity contribution in [3.63, 3.8) is 0 Å². The Hall–Kier alpha value is -1.97. The van der Waals surface area contributed by atoms with Crippen molar-refractivity contribution < 1.29 is 17.4 Å². The maximum Gasteiger partial charge on any atom is 0.203 e. The van der Waals surface area contributed by atoms with Crippen LogP contribution in [0.5, 0.6) is 0 Å². The van der Waals surface area contributed by atoms with Gasteiger partial charge in [0, 0.05) is 39.0 Å². The van der Waals surface area contributed by atoms with Crippen LogP contribution in [0.15, 0.2) is 78.9 Å². The van der Waals surface area contributed by atoms with E-state index in [1.54, 1.807) is 0 Å². The summed E-state index contributed by atoms with van der Waals surface area (Å²) < 4.78 is 0. The van der Waals surface area contributed by atoms with Crippen molar-refractivity contribution in [2.24, 2.45) is 0 Å². The highest BCUT2D eigenvalue weighted by molar-refractivity contribution is 6.31. The molecule has 0 aliphatic carbocycles. The Labute approximate surface area is 179 Å². The van der Waals surface area contributed by atoms with E-state index in [4.69, 9.17) is 34.8 Å². The van der Waals surface area contributed by atoms with Crippen molar-refractivity contribution >= 4 is 58.1 Å². The molecular weight excluding hydrogens is 422 g/mol. The van der Waals surface area contributed by atoms with Gasteiger partial charge in [-0.1, -0.05) is 46.9 Å². The summed E-state index contributed by atoms with van der Waals surface area (Å²) in [5, 5.41) is 5.51. The van der Waals surface area contributed by atoms with E-state index in [1.807, 2.05) is 85.1 Å². The lowest BCUT2D eigenvalue weighted by Gasteiger charge is -2.11. The number of nitrogens with one attached hydrogen (secondary N) is 2. The monoisotopic (exact) mass is 436 g/mol.